The van der Waals surface area contributed by atoms with E-state index in [1.165, 1.54) is 0 Å². The molecule has 1 fully saturated rings. The van der Waals surface area contributed by atoms with Crippen LogP contribution < -0.4 is 5.32 Å². The average Bonchev–Trinajstić information content (AvgIpc) is 2.93. The van der Waals surface area contributed by atoms with Crippen LogP contribution in [0.2, 0.25) is 0 Å². The summed E-state index contributed by atoms with van der Waals surface area (Å²) in [4.78, 5) is 23.1. The smallest absolute Gasteiger partial charge is 0.408 e. The summed E-state index contributed by atoms with van der Waals surface area (Å²) in [6, 6.07) is -0.511. The number of carbonyl (C=O) groups excluding carboxylic acids is 2. The molecule has 2 unspecified atom stereocenters. The van der Waals surface area contributed by atoms with Gasteiger partial charge in [-0.25, -0.2) is 4.79 Å². The van der Waals surface area contributed by atoms with E-state index in [0.717, 1.165) is 13.0 Å². The van der Waals surface area contributed by atoms with Crippen LogP contribution in [0, 0.1) is 0 Å². The number of Topliss-reactive ketones (excluding diaryl/α,β-unsaturated/α-hetero) is 1. The summed E-state index contributed by atoms with van der Waals surface area (Å²) in [5.74, 6) is 0.00589. The summed E-state index contributed by atoms with van der Waals surface area (Å²) >= 11 is 0. The minimum atomic E-state index is -0.555. The molecule has 0 aliphatic carbocycles. The predicted octanol–water partition coefficient (Wildman–Crippen LogP) is 1.65. The maximum absolute atomic E-state index is 11.7. The lowest BCUT2D eigenvalue weighted by Crippen LogP contribution is -2.41. The van der Waals surface area contributed by atoms with E-state index in [2.05, 4.69) is 5.32 Å². The summed E-state index contributed by atoms with van der Waals surface area (Å²) in [5.41, 5.74) is -0.547. The van der Waals surface area contributed by atoms with Crippen molar-refractivity contribution < 1.29 is 19.1 Å². The number of amides is 1. The zero-order valence-corrected chi connectivity index (χ0v) is 10.9. The molecule has 5 nitrogen and oxygen atoms in total. The van der Waals surface area contributed by atoms with Crippen molar-refractivity contribution in [1.29, 1.82) is 0 Å². The molecule has 0 aromatic heterocycles. The van der Waals surface area contributed by atoms with Gasteiger partial charge in [-0.3, -0.25) is 4.79 Å². The molecule has 0 aromatic carbocycles. The summed E-state index contributed by atoms with van der Waals surface area (Å²) in [5, 5.41) is 2.53. The first kappa shape index (κ1) is 14.0. The van der Waals surface area contributed by atoms with Crippen molar-refractivity contribution in [3.8, 4) is 0 Å². The van der Waals surface area contributed by atoms with Gasteiger partial charge in [0, 0.05) is 6.42 Å². The third kappa shape index (κ3) is 6.26. The van der Waals surface area contributed by atoms with Crippen molar-refractivity contribution in [1.82, 2.24) is 5.32 Å². The van der Waals surface area contributed by atoms with Crippen LogP contribution >= 0.6 is 0 Å². The Balaban J connectivity index is 2.23. The van der Waals surface area contributed by atoms with Crippen molar-refractivity contribution in [2.75, 3.05) is 6.61 Å². The van der Waals surface area contributed by atoms with Crippen LogP contribution in [0.4, 0.5) is 4.79 Å². The number of ketones is 1. The van der Waals surface area contributed by atoms with Crippen LogP contribution in [0.15, 0.2) is 0 Å². The second kappa shape index (κ2) is 5.49. The summed E-state index contributed by atoms with van der Waals surface area (Å²) in [6.45, 7) is 7.76. The van der Waals surface area contributed by atoms with E-state index < -0.39 is 17.7 Å². The first-order valence-corrected chi connectivity index (χ1v) is 5.92. The Morgan fingerprint density at radius 1 is 1.47 bits per heavy atom. The first-order chi connectivity index (χ1) is 7.78. The number of rotatable bonds is 5. The van der Waals surface area contributed by atoms with Gasteiger partial charge in [0.05, 0.1) is 18.8 Å². The fourth-order valence-corrected chi connectivity index (χ4v) is 1.32. The Morgan fingerprint density at radius 2 is 2.06 bits per heavy atom. The quantitative estimate of drug-likeness (QED) is 0.745. The molecule has 0 spiro atoms. The second-order valence-electron chi connectivity index (χ2n) is 5.33. The number of hydrogen-bond acceptors (Lipinski definition) is 4. The molecule has 1 saturated heterocycles. The van der Waals surface area contributed by atoms with E-state index in [4.69, 9.17) is 9.47 Å². The van der Waals surface area contributed by atoms with Gasteiger partial charge in [-0.05, 0) is 34.1 Å². The topological polar surface area (TPSA) is 67.9 Å². The normalized spacial score (nSPS) is 20.6. The van der Waals surface area contributed by atoms with Gasteiger partial charge in [-0.2, -0.15) is 0 Å². The van der Waals surface area contributed by atoms with Crippen molar-refractivity contribution in [3.05, 3.63) is 0 Å². The molecule has 0 bridgehead atoms. The number of ether oxygens (including phenoxy) is 2. The SMILES string of the molecule is CC(NC(=O)OC(C)(C)C)C(=O)CCC1CO1. The molecule has 17 heavy (non-hydrogen) atoms. The Labute approximate surface area is 102 Å². The van der Waals surface area contributed by atoms with Crippen LogP contribution in [0.1, 0.15) is 40.5 Å². The molecule has 0 saturated carbocycles. The fourth-order valence-electron chi connectivity index (χ4n) is 1.32. The zero-order chi connectivity index (χ0) is 13.1. The van der Waals surface area contributed by atoms with Crippen molar-refractivity contribution in [3.63, 3.8) is 0 Å². The van der Waals surface area contributed by atoms with Crippen LogP contribution in [-0.4, -0.2) is 36.2 Å². The molecule has 98 valence electrons. The van der Waals surface area contributed by atoms with Gasteiger partial charge >= 0.3 is 6.09 Å². The van der Waals surface area contributed by atoms with Crippen LogP contribution in [-0.2, 0) is 14.3 Å². The fraction of sp³-hybridized carbons (Fsp3) is 0.833. The average molecular weight is 243 g/mol. The molecular formula is C12H21NO4. The van der Waals surface area contributed by atoms with E-state index in [9.17, 15) is 9.59 Å². The van der Waals surface area contributed by atoms with Crippen molar-refractivity contribution in [2.45, 2.75) is 58.3 Å². The Morgan fingerprint density at radius 3 is 2.53 bits per heavy atom. The highest BCUT2D eigenvalue weighted by molar-refractivity contribution is 5.87. The number of hydrogen-bond donors (Lipinski definition) is 1. The van der Waals surface area contributed by atoms with Crippen molar-refractivity contribution in [2.24, 2.45) is 0 Å². The number of alkyl carbamates (subject to hydrolysis) is 1. The van der Waals surface area contributed by atoms with Crippen LogP contribution in [0.3, 0.4) is 0 Å². The molecule has 5 heteroatoms. The second-order valence-corrected chi connectivity index (χ2v) is 5.33. The van der Waals surface area contributed by atoms with Gasteiger partial charge in [0.15, 0.2) is 5.78 Å². The number of nitrogens with one attached hydrogen (secondary N) is 1. The highest BCUT2D eigenvalue weighted by Crippen LogP contribution is 2.16. The maximum atomic E-state index is 11.7. The molecular weight excluding hydrogens is 222 g/mol. The van der Waals surface area contributed by atoms with Crippen LogP contribution in [0.25, 0.3) is 0 Å². The first-order valence-electron chi connectivity index (χ1n) is 5.92. The third-order valence-electron chi connectivity index (χ3n) is 2.33. The highest BCUT2D eigenvalue weighted by Gasteiger charge is 2.25. The van der Waals surface area contributed by atoms with Gasteiger partial charge < -0.3 is 14.8 Å². The minimum absolute atomic E-state index is 0.00589. The summed E-state index contributed by atoms with van der Waals surface area (Å²) in [7, 11) is 0. The van der Waals surface area contributed by atoms with E-state index in [0.29, 0.717) is 6.42 Å². The molecule has 1 amide bonds. The number of carbonyl (C=O) groups is 2. The maximum Gasteiger partial charge on any atom is 0.408 e. The molecule has 0 aromatic rings. The molecule has 1 aliphatic rings. The predicted molar refractivity (Wildman–Crippen MR) is 62.8 cm³/mol. The summed E-state index contributed by atoms with van der Waals surface area (Å²) < 4.78 is 10.1. The Bertz CT molecular complexity index is 291. The molecule has 1 rings (SSSR count). The lowest BCUT2D eigenvalue weighted by atomic mass is 10.1. The highest BCUT2D eigenvalue weighted by atomic mass is 16.6. The Kier molecular flexibility index (Phi) is 4.51. The third-order valence-corrected chi connectivity index (χ3v) is 2.33. The van der Waals surface area contributed by atoms with Gasteiger partial charge in [0.1, 0.15) is 5.60 Å². The summed E-state index contributed by atoms with van der Waals surface area (Å²) in [6.07, 6.45) is 0.856. The van der Waals surface area contributed by atoms with Gasteiger partial charge in [-0.1, -0.05) is 0 Å². The van der Waals surface area contributed by atoms with Gasteiger partial charge in [0.2, 0.25) is 0 Å². The largest absolute Gasteiger partial charge is 0.444 e. The molecule has 0 radical (unpaired) electrons. The van der Waals surface area contributed by atoms with E-state index >= 15 is 0 Å². The van der Waals surface area contributed by atoms with E-state index in [1.54, 1.807) is 27.7 Å². The lowest BCUT2D eigenvalue weighted by Gasteiger charge is -2.21. The van der Waals surface area contributed by atoms with Gasteiger partial charge in [0.25, 0.3) is 0 Å². The van der Waals surface area contributed by atoms with Crippen molar-refractivity contribution >= 4 is 11.9 Å². The monoisotopic (exact) mass is 243 g/mol. The van der Waals surface area contributed by atoms with E-state index in [-0.39, 0.29) is 11.9 Å². The van der Waals surface area contributed by atoms with Crippen LogP contribution in [0.5, 0.6) is 0 Å². The molecule has 1 aliphatic heterocycles. The Hall–Kier alpha value is -1.10. The molecule has 1 heterocycles. The molecule has 2 atom stereocenters. The number of epoxide rings is 1. The molecule has 1 N–H and O–H groups in total. The minimum Gasteiger partial charge on any atom is -0.444 e. The lowest BCUT2D eigenvalue weighted by molar-refractivity contribution is -0.120. The zero-order valence-electron chi connectivity index (χ0n) is 10.9. The van der Waals surface area contributed by atoms with Gasteiger partial charge in [-0.15, -0.1) is 0 Å². The van der Waals surface area contributed by atoms with E-state index in [1.807, 2.05) is 0 Å². The standard InChI is InChI=1S/C12H21NO4/c1-8(10(14)6-5-9-7-16-9)13-11(15)17-12(2,3)4/h8-9H,5-7H2,1-4H3,(H,13,15).